The van der Waals surface area contributed by atoms with Gasteiger partial charge in [-0.25, -0.2) is 0 Å². The number of benzene rings is 1. The number of hydrogen-bond acceptors (Lipinski definition) is 2. The Hall–Kier alpha value is -1.36. The minimum atomic E-state index is -0.425. The van der Waals surface area contributed by atoms with Gasteiger partial charge in [-0.15, -0.1) is 0 Å². The zero-order valence-corrected chi connectivity index (χ0v) is 13.8. The van der Waals surface area contributed by atoms with Crippen LogP contribution in [0.5, 0.6) is 0 Å². The van der Waals surface area contributed by atoms with Crippen molar-refractivity contribution in [1.29, 1.82) is 0 Å². The van der Waals surface area contributed by atoms with E-state index in [1.807, 2.05) is 32.0 Å². The number of carbonyl (C=O) groups is 2. The highest BCUT2D eigenvalue weighted by atomic mass is 79.9. The van der Waals surface area contributed by atoms with Gasteiger partial charge in [-0.05, 0) is 65.7 Å². The molecular formula is C16H19BrN2O2. The summed E-state index contributed by atoms with van der Waals surface area (Å²) >= 11 is 3.52. The summed E-state index contributed by atoms with van der Waals surface area (Å²) in [4.78, 5) is 26.9. The van der Waals surface area contributed by atoms with E-state index in [0.29, 0.717) is 12.3 Å². The normalized spacial score (nSPS) is 26.0. The molecule has 1 aliphatic carbocycles. The molecule has 1 saturated carbocycles. The Balaban J connectivity index is 2.03. The highest BCUT2D eigenvalue weighted by molar-refractivity contribution is 9.10. The van der Waals surface area contributed by atoms with Gasteiger partial charge >= 0.3 is 0 Å². The third kappa shape index (κ3) is 2.59. The first-order valence-electron chi connectivity index (χ1n) is 7.42. The SMILES string of the molecule is CCC1C(=O)NC(C2CC2)C(=O)N1c1cc(C)ccc1Br. The van der Waals surface area contributed by atoms with Crippen molar-refractivity contribution >= 4 is 33.4 Å². The average molecular weight is 351 g/mol. The Morgan fingerprint density at radius 3 is 2.67 bits per heavy atom. The lowest BCUT2D eigenvalue weighted by Crippen LogP contribution is -2.64. The Morgan fingerprint density at radius 1 is 1.33 bits per heavy atom. The van der Waals surface area contributed by atoms with E-state index in [4.69, 9.17) is 0 Å². The summed E-state index contributed by atoms with van der Waals surface area (Å²) < 4.78 is 0.851. The predicted molar refractivity (Wildman–Crippen MR) is 85.1 cm³/mol. The molecule has 1 aromatic rings. The number of anilines is 1. The van der Waals surface area contributed by atoms with E-state index in [1.165, 1.54) is 0 Å². The standard InChI is InChI=1S/C16H19BrN2O2/c1-3-12-15(20)18-14(10-5-6-10)16(21)19(12)13-8-9(2)4-7-11(13)17/h4,7-8,10,12,14H,3,5-6H2,1-2H3,(H,18,20). The predicted octanol–water partition coefficient (Wildman–Crippen LogP) is 2.78. The lowest BCUT2D eigenvalue weighted by molar-refractivity contribution is -0.134. The number of hydrogen-bond donors (Lipinski definition) is 1. The Labute approximate surface area is 133 Å². The van der Waals surface area contributed by atoms with Crippen molar-refractivity contribution in [2.45, 2.75) is 45.2 Å². The number of rotatable bonds is 3. The molecule has 0 bridgehead atoms. The van der Waals surface area contributed by atoms with Crippen molar-refractivity contribution in [1.82, 2.24) is 5.32 Å². The highest BCUT2D eigenvalue weighted by Crippen LogP contribution is 2.38. The van der Waals surface area contributed by atoms with E-state index in [1.54, 1.807) is 4.90 Å². The maximum absolute atomic E-state index is 12.9. The van der Waals surface area contributed by atoms with Crippen molar-refractivity contribution in [3.8, 4) is 0 Å². The average Bonchev–Trinajstić information content (AvgIpc) is 3.28. The minimum Gasteiger partial charge on any atom is -0.342 e. The number of aryl methyl sites for hydroxylation is 1. The Kier molecular flexibility index (Phi) is 3.78. The summed E-state index contributed by atoms with van der Waals surface area (Å²) in [7, 11) is 0. The monoisotopic (exact) mass is 350 g/mol. The van der Waals surface area contributed by atoms with Crippen LogP contribution in [0.25, 0.3) is 0 Å². The second kappa shape index (κ2) is 5.44. The summed E-state index contributed by atoms with van der Waals surface area (Å²) in [5.74, 6) is 0.294. The van der Waals surface area contributed by atoms with Crippen LogP contribution in [0.15, 0.2) is 22.7 Å². The molecule has 2 unspecified atom stereocenters. The lowest BCUT2D eigenvalue weighted by Gasteiger charge is -2.39. The van der Waals surface area contributed by atoms with Crippen LogP contribution in [-0.4, -0.2) is 23.9 Å². The van der Waals surface area contributed by atoms with Gasteiger partial charge in [-0.2, -0.15) is 0 Å². The van der Waals surface area contributed by atoms with E-state index in [2.05, 4.69) is 21.2 Å². The van der Waals surface area contributed by atoms with Crippen LogP contribution in [0.3, 0.4) is 0 Å². The van der Waals surface area contributed by atoms with Crippen LogP contribution < -0.4 is 10.2 Å². The molecule has 2 aliphatic rings. The van der Waals surface area contributed by atoms with Crippen molar-refractivity contribution in [2.24, 2.45) is 5.92 Å². The van der Waals surface area contributed by atoms with Crippen LogP contribution in [0.1, 0.15) is 31.7 Å². The smallest absolute Gasteiger partial charge is 0.250 e. The van der Waals surface area contributed by atoms with Crippen molar-refractivity contribution < 1.29 is 9.59 Å². The maximum Gasteiger partial charge on any atom is 0.250 e. The highest BCUT2D eigenvalue weighted by Gasteiger charge is 2.47. The van der Waals surface area contributed by atoms with Crippen molar-refractivity contribution in [3.05, 3.63) is 28.2 Å². The molecule has 1 aliphatic heterocycles. The topological polar surface area (TPSA) is 49.4 Å². The quantitative estimate of drug-likeness (QED) is 0.911. The molecule has 112 valence electrons. The van der Waals surface area contributed by atoms with E-state index in [0.717, 1.165) is 28.6 Å². The van der Waals surface area contributed by atoms with Crippen molar-refractivity contribution in [2.75, 3.05) is 4.90 Å². The zero-order chi connectivity index (χ0) is 15.1. The zero-order valence-electron chi connectivity index (χ0n) is 12.2. The van der Waals surface area contributed by atoms with Gasteiger partial charge in [0.1, 0.15) is 12.1 Å². The van der Waals surface area contributed by atoms with E-state index >= 15 is 0 Å². The van der Waals surface area contributed by atoms with Gasteiger partial charge in [0.2, 0.25) is 5.91 Å². The summed E-state index contributed by atoms with van der Waals surface area (Å²) in [5.41, 5.74) is 1.87. The minimum absolute atomic E-state index is 0.0234. The van der Waals surface area contributed by atoms with Crippen LogP contribution in [0, 0.1) is 12.8 Å². The third-order valence-corrected chi connectivity index (χ3v) is 4.93. The second-order valence-corrected chi connectivity index (χ2v) is 6.77. The van der Waals surface area contributed by atoms with E-state index in [-0.39, 0.29) is 17.9 Å². The number of carbonyl (C=O) groups excluding carboxylic acids is 2. The van der Waals surface area contributed by atoms with Crippen LogP contribution >= 0.6 is 15.9 Å². The fraction of sp³-hybridized carbons (Fsp3) is 0.500. The molecule has 0 spiro atoms. The molecule has 1 saturated heterocycles. The molecule has 2 fully saturated rings. The first-order chi connectivity index (χ1) is 10.0. The summed E-state index contributed by atoms with van der Waals surface area (Å²) in [6, 6.07) is 5.11. The second-order valence-electron chi connectivity index (χ2n) is 5.91. The molecular weight excluding hydrogens is 332 g/mol. The number of piperazine rings is 1. The van der Waals surface area contributed by atoms with Gasteiger partial charge in [0, 0.05) is 4.47 Å². The molecule has 2 atom stereocenters. The summed E-state index contributed by atoms with van der Waals surface area (Å²) in [5, 5.41) is 2.92. The number of halogens is 1. The number of nitrogens with zero attached hydrogens (tertiary/aromatic N) is 1. The molecule has 3 rings (SSSR count). The maximum atomic E-state index is 12.9. The van der Waals surface area contributed by atoms with Gasteiger partial charge in [0.15, 0.2) is 0 Å². The fourth-order valence-corrected chi connectivity index (χ4v) is 3.38. The molecule has 1 N–H and O–H groups in total. The summed E-state index contributed by atoms with van der Waals surface area (Å²) in [6.07, 6.45) is 2.65. The molecule has 1 aromatic carbocycles. The largest absolute Gasteiger partial charge is 0.342 e. The molecule has 4 nitrogen and oxygen atoms in total. The summed E-state index contributed by atoms with van der Waals surface area (Å²) in [6.45, 7) is 3.93. The third-order valence-electron chi connectivity index (χ3n) is 4.26. The molecule has 5 heteroatoms. The number of nitrogens with one attached hydrogen (secondary N) is 1. The molecule has 2 amide bonds. The first-order valence-corrected chi connectivity index (χ1v) is 8.21. The van der Waals surface area contributed by atoms with Gasteiger partial charge < -0.3 is 5.32 Å². The van der Waals surface area contributed by atoms with Crippen LogP contribution in [0.2, 0.25) is 0 Å². The van der Waals surface area contributed by atoms with Gasteiger partial charge in [0.05, 0.1) is 5.69 Å². The molecule has 21 heavy (non-hydrogen) atoms. The molecule has 0 aromatic heterocycles. The molecule has 1 heterocycles. The Bertz CT molecular complexity index is 598. The number of amides is 2. The molecule has 0 radical (unpaired) electrons. The van der Waals surface area contributed by atoms with Crippen molar-refractivity contribution in [3.63, 3.8) is 0 Å². The first kappa shape index (κ1) is 14.6. The van der Waals surface area contributed by atoms with Gasteiger partial charge in [0.25, 0.3) is 5.91 Å². The lowest BCUT2D eigenvalue weighted by atomic mass is 10.0. The Morgan fingerprint density at radius 2 is 2.05 bits per heavy atom. The van der Waals surface area contributed by atoms with Gasteiger partial charge in [-0.1, -0.05) is 13.0 Å². The van der Waals surface area contributed by atoms with E-state index < -0.39 is 6.04 Å². The fourth-order valence-electron chi connectivity index (χ4n) is 2.94. The van der Waals surface area contributed by atoms with E-state index in [9.17, 15) is 9.59 Å². The van der Waals surface area contributed by atoms with Crippen LogP contribution in [0.4, 0.5) is 5.69 Å². The van der Waals surface area contributed by atoms with Gasteiger partial charge in [-0.3, -0.25) is 14.5 Å². The van der Waals surface area contributed by atoms with Crippen LogP contribution in [-0.2, 0) is 9.59 Å².